The highest BCUT2D eigenvalue weighted by Gasteiger charge is 2.32. The zero-order valence-electron chi connectivity index (χ0n) is 14.2. The molecule has 126 valence electrons. The Kier molecular flexibility index (Phi) is 6.16. The first-order valence-corrected chi connectivity index (χ1v) is 8.34. The van der Waals surface area contributed by atoms with Crippen LogP contribution in [0, 0.1) is 0 Å². The van der Waals surface area contributed by atoms with Gasteiger partial charge in [-0.25, -0.2) is 0 Å². The van der Waals surface area contributed by atoms with Crippen molar-refractivity contribution in [3.05, 3.63) is 35.9 Å². The highest BCUT2D eigenvalue weighted by Crippen LogP contribution is 2.25. The first-order chi connectivity index (χ1) is 11.0. The van der Waals surface area contributed by atoms with Gasteiger partial charge in [-0.2, -0.15) is 0 Å². The van der Waals surface area contributed by atoms with Gasteiger partial charge in [-0.3, -0.25) is 14.5 Å². The molecule has 2 N–H and O–H groups in total. The minimum Gasteiger partial charge on any atom is -0.352 e. The van der Waals surface area contributed by atoms with Crippen molar-refractivity contribution < 1.29 is 9.59 Å². The normalized spacial score (nSPS) is 20.1. The second kappa shape index (κ2) is 8.11. The van der Waals surface area contributed by atoms with Gasteiger partial charge in [0.25, 0.3) is 0 Å². The molecule has 0 aliphatic carbocycles. The third kappa shape index (κ3) is 5.06. The molecule has 1 fully saturated rings. The van der Waals surface area contributed by atoms with Crippen molar-refractivity contribution in [1.82, 2.24) is 15.5 Å². The Morgan fingerprint density at radius 2 is 1.91 bits per heavy atom. The van der Waals surface area contributed by atoms with Crippen LogP contribution in [0.5, 0.6) is 0 Å². The van der Waals surface area contributed by atoms with Crippen LogP contribution in [0.4, 0.5) is 0 Å². The van der Waals surface area contributed by atoms with Crippen LogP contribution in [0.25, 0.3) is 0 Å². The lowest BCUT2D eigenvalue weighted by Gasteiger charge is -2.38. The van der Waals surface area contributed by atoms with Crippen LogP contribution in [0.1, 0.15) is 45.2 Å². The predicted octanol–water partition coefficient (Wildman–Crippen LogP) is 1.85. The number of hydrogen-bond acceptors (Lipinski definition) is 3. The van der Waals surface area contributed by atoms with Gasteiger partial charge >= 0.3 is 0 Å². The van der Waals surface area contributed by atoms with E-state index in [1.165, 1.54) is 0 Å². The molecule has 2 rings (SSSR count). The fourth-order valence-corrected chi connectivity index (χ4v) is 3.17. The van der Waals surface area contributed by atoms with E-state index in [2.05, 4.69) is 15.5 Å². The Hall–Kier alpha value is -1.88. The van der Waals surface area contributed by atoms with E-state index in [9.17, 15) is 9.59 Å². The molecule has 1 heterocycles. The molecule has 5 heteroatoms. The molecule has 2 unspecified atom stereocenters. The number of rotatable bonds is 5. The Morgan fingerprint density at radius 3 is 2.52 bits per heavy atom. The first kappa shape index (κ1) is 17.5. The second-order valence-electron chi connectivity index (χ2n) is 6.51. The Balaban J connectivity index is 2.19. The molecule has 0 bridgehead atoms. The quantitative estimate of drug-likeness (QED) is 0.871. The smallest absolute Gasteiger partial charge is 0.242 e. The maximum Gasteiger partial charge on any atom is 0.242 e. The molecule has 2 atom stereocenters. The first-order valence-electron chi connectivity index (χ1n) is 8.34. The summed E-state index contributed by atoms with van der Waals surface area (Å²) in [6, 6.07) is 9.76. The van der Waals surface area contributed by atoms with Crippen LogP contribution in [-0.2, 0) is 9.59 Å². The molecule has 0 spiro atoms. The number of benzene rings is 1. The van der Waals surface area contributed by atoms with Crippen molar-refractivity contribution in [2.75, 3.05) is 13.1 Å². The lowest BCUT2D eigenvalue weighted by molar-refractivity contribution is -0.127. The van der Waals surface area contributed by atoms with E-state index in [1.54, 1.807) is 6.92 Å². The summed E-state index contributed by atoms with van der Waals surface area (Å²) in [6.45, 7) is 7.04. The minimum atomic E-state index is -0.310. The monoisotopic (exact) mass is 317 g/mol. The van der Waals surface area contributed by atoms with Crippen LogP contribution in [0.15, 0.2) is 30.3 Å². The average Bonchev–Trinajstić information content (AvgIpc) is 2.47. The largest absolute Gasteiger partial charge is 0.352 e. The highest BCUT2D eigenvalue weighted by molar-refractivity contribution is 5.83. The standard InChI is InChI=1S/C18H27N3O2/c1-13(2)19-18(23)17(15-8-5-4-6-9-15)21-11-7-10-16(12-21)20-14(3)22/h4-6,8-9,13,16-17H,7,10-12H2,1-3H3,(H,19,23)(H,20,22). The van der Waals surface area contributed by atoms with Crippen LogP contribution < -0.4 is 10.6 Å². The van der Waals surface area contributed by atoms with Crippen LogP contribution in [0.3, 0.4) is 0 Å². The van der Waals surface area contributed by atoms with Gasteiger partial charge in [0.15, 0.2) is 0 Å². The zero-order valence-corrected chi connectivity index (χ0v) is 14.2. The van der Waals surface area contributed by atoms with E-state index in [-0.39, 0.29) is 29.9 Å². The molecule has 1 aromatic rings. The molecular formula is C18H27N3O2. The molecule has 1 aromatic carbocycles. The number of amides is 2. The fourth-order valence-electron chi connectivity index (χ4n) is 3.17. The van der Waals surface area contributed by atoms with Gasteiger partial charge in [0.05, 0.1) is 0 Å². The van der Waals surface area contributed by atoms with Crippen molar-refractivity contribution in [2.24, 2.45) is 0 Å². The molecule has 1 aliphatic rings. The zero-order chi connectivity index (χ0) is 16.8. The summed E-state index contributed by atoms with van der Waals surface area (Å²) in [5, 5.41) is 6.01. The second-order valence-corrected chi connectivity index (χ2v) is 6.51. The lowest BCUT2D eigenvalue weighted by Crippen LogP contribution is -2.51. The fraction of sp³-hybridized carbons (Fsp3) is 0.556. The molecule has 2 amide bonds. The van der Waals surface area contributed by atoms with Gasteiger partial charge in [0, 0.05) is 25.6 Å². The number of hydrogen-bond donors (Lipinski definition) is 2. The van der Waals surface area contributed by atoms with E-state index in [0.29, 0.717) is 6.54 Å². The molecule has 0 aromatic heterocycles. The van der Waals surface area contributed by atoms with Gasteiger partial charge in [-0.15, -0.1) is 0 Å². The highest BCUT2D eigenvalue weighted by atomic mass is 16.2. The Bertz CT molecular complexity index is 530. The summed E-state index contributed by atoms with van der Waals surface area (Å²) >= 11 is 0. The SMILES string of the molecule is CC(=O)NC1CCCN(C(C(=O)NC(C)C)c2ccccc2)C1. The van der Waals surface area contributed by atoms with Crippen LogP contribution in [-0.4, -0.2) is 41.9 Å². The summed E-state index contributed by atoms with van der Waals surface area (Å²) in [7, 11) is 0. The molecule has 0 radical (unpaired) electrons. The van der Waals surface area contributed by atoms with Crippen molar-refractivity contribution in [1.29, 1.82) is 0 Å². The van der Waals surface area contributed by atoms with Crippen molar-refractivity contribution in [3.8, 4) is 0 Å². The Morgan fingerprint density at radius 1 is 1.22 bits per heavy atom. The number of carbonyl (C=O) groups is 2. The number of carbonyl (C=O) groups excluding carboxylic acids is 2. The van der Waals surface area contributed by atoms with Crippen molar-refractivity contribution >= 4 is 11.8 Å². The maximum absolute atomic E-state index is 12.7. The summed E-state index contributed by atoms with van der Waals surface area (Å²) in [5.74, 6) is 0.00872. The number of nitrogens with zero attached hydrogens (tertiary/aromatic N) is 1. The molecular weight excluding hydrogens is 290 g/mol. The molecule has 1 saturated heterocycles. The summed E-state index contributed by atoms with van der Waals surface area (Å²) in [5.41, 5.74) is 0.995. The van der Waals surface area contributed by atoms with Crippen LogP contribution >= 0.6 is 0 Å². The van der Waals surface area contributed by atoms with E-state index >= 15 is 0 Å². The average molecular weight is 317 g/mol. The molecule has 1 aliphatic heterocycles. The van der Waals surface area contributed by atoms with E-state index in [0.717, 1.165) is 24.9 Å². The van der Waals surface area contributed by atoms with E-state index < -0.39 is 0 Å². The third-order valence-corrected chi connectivity index (χ3v) is 4.02. The van der Waals surface area contributed by atoms with Gasteiger partial charge in [0.1, 0.15) is 6.04 Å². The van der Waals surface area contributed by atoms with Gasteiger partial charge in [-0.05, 0) is 38.8 Å². The number of nitrogens with one attached hydrogen (secondary N) is 2. The maximum atomic E-state index is 12.7. The summed E-state index contributed by atoms with van der Waals surface area (Å²) in [4.78, 5) is 26.2. The van der Waals surface area contributed by atoms with Gasteiger partial charge in [0.2, 0.25) is 11.8 Å². The number of likely N-dealkylation sites (tertiary alicyclic amines) is 1. The summed E-state index contributed by atoms with van der Waals surface area (Å²) in [6.07, 6.45) is 1.94. The van der Waals surface area contributed by atoms with E-state index in [1.807, 2.05) is 44.2 Å². The predicted molar refractivity (Wildman–Crippen MR) is 90.9 cm³/mol. The summed E-state index contributed by atoms with van der Waals surface area (Å²) < 4.78 is 0. The minimum absolute atomic E-state index is 0.0141. The molecule has 23 heavy (non-hydrogen) atoms. The van der Waals surface area contributed by atoms with Gasteiger partial charge < -0.3 is 10.6 Å². The third-order valence-electron chi connectivity index (χ3n) is 4.02. The van der Waals surface area contributed by atoms with Crippen molar-refractivity contribution in [2.45, 2.75) is 51.7 Å². The van der Waals surface area contributed by atoms with E-state index in [4.69, 9.17) is 0 Å². The lowest BCUT2D eigenvalue weighted by atomic mass is 9.98. The topological polar surface area (TPSA) is 61.4 Å². The Labute approximate surface area is 138 Å². The van der Waals surface area contributed by atoms with Crippen molar-refractivity contribution in [3.63, 3.8) is 0 Å². The molecule has 5 nitrogen and oxygen atoms in total. The number of piperidine rings is 1. The molecule has 0 saturated carbocycles. The van der Waals surface area contributed by atoms with Crippen LogP contribution in [0.2, 0.25) is 0 Å². The van der Waals surface area contributed by atoms with Gasteiger partial charge in [-0.1, -0.05) is 30.3 Å².